The van der Waals surface area contributed by atoms with Crippen molar-refractivity contribution in [1.29, 1.82) is 0 Å². The zero-order valence-corrected chi connectivity index (χ0v) is 12.1. The van der Waals surface area contributed by atoms with E-state index in [9.17, 15) is 4.79 Å². The van der Waals surface area contributed by atoms with Crippen LogP contribution < -0.4 is 4.74 Å². The number of hydrogen-bond donors (Lipinski definition) is 0. The van der Waals surface area contributed by atoms with Gasteiger partial charge in [0.1, 0.15) is 5.75 Å². The second kappa shape index (κ2) is 7.92. The minimum absolute atomic E-state index is 0.272. The first-order valence-corrected chi connectivity index (χ1v) is 7.22. The predicted octanol–water partition coefficient (Wildman–Crippen LogP) is 2.95. The van der Waals surface area contributed by atoms with E-state index in [1.807, 2.05) is 24.3 Å². The fraction of sp³-hybridized carbons (Fsp3) is 0.400. The predicted molar refractivity (Wildman–Crippen MR) is 80.1 cm³/mol. The maximum Gasteiger partial charge on any atom is 0.415 e. The van der Waals surface area contributed by atoms with Gasteiger partial charge >= 0.3 is 6.09 Å². The molecule has 4 nitrogen and oxygen atoms in total. The Morgan fingerprint density at radius 3 is 2.75 bits per heavy atom. The van der Waals surface area contributed by atoms with E-state index in [0.29, 0.717) is 12.3 Å². The molecule has 0 radical (unpaired) electrons. The Hall–Kier alpha value is -1.52. The topological polar surface area (TPSA) is 32.8 Å². The minimum atomic E-state index is -0.272. The average molecular weight is 295 g/mol. The Morgan fingerprint density at radius 1 is 1.20 bits per heavy atom. The van der Waals surface area contributed by atoms with Crippen LogP contribution in [0, 0.1) is 0 Å². The van der Waals surface area contributed by atoms with Crippen molar-refractivity contribution in [2.45, 2.75) is 6.42 Å². The number of benzene rings is 1. The molecule has 1 aliphatic rings. The molecule has 108 valence electrons. The van der Waals surface area contributed by atoms with Crippen molar-refractivity contribution in [3.63, 3.8) is 0 Å². The molecule has 1 heterocycles. The van der Waals surface area contributed by atoms with Gasteiger partial charge in [-0.25, -0.2) is 4.79 Å². The molecule has 5 heteroatoms. The van der Waals surface area contributed by atoms with Crippen LogP contribution in [-0.4, -0.2) is 48.6 Å². The van der Waals surface area contributed by atoms with Gasteiger partial charge in [0, 0.05) is 38.3 Å². The van der Waals surface area contributed by atoms with Gasteiger partial charge in [0.05, 0.1) is 0 Å². The first-order valence-electron chi connectivity index (χ1n) is 6.79. The van der Waals surface area contributed by atoms with Gasteiger partial charge in [0.2, 0.25) is 0 Å². The standard InChI is InChI=1S/C15H19ClN2O2/c16-8-4-9-17-10-5-11-18(13-12-17)15(19)20-14-6-2-1-3-7-14/h1-4,6-8H,5,9-13H2. The van der Waals surface area contributed by atoms with Gasteiger partial charge < -0.3 is 9.64 Å². The zero-order chi connectivity index (χ0) is 14.2. The molecule has 2 rings (SSSR count). The van der Waals surface area contributed by atoms with Gasteiger partial charge in [0.15, 0.2) is 0 Å². The number of para-hydroxylation sites is 1. The van der Waals surface area contributed by atoms with Crippen molar-refractivity contribution in [3.05, 3.63) is 41.9 Å². The Bertz CT molecular complexity index is 450. The van der Waals surface area contributed by atoms with E-state index in [1.165, 1.54) is 5.54 Å². The van der Waals surface area contributed by atoms with Crippen LogP contribution in [0.1, 0.15) is 6.42 Å². The molecule has 1 aromatic carbocycles. The Kier molecular flexibility index (Phi) is 5.89. The van der Waals surface area contributed by atoms with E-state index in [1.54, 1.807) is 17.0 Å². The summed E-state index contributed by atoms with van der Waals surface area (Å²) in [6.45, 7) is 4.04. The van der Waals surface area contributed by atoms with Crippen LogP contribution in [0.15, 0.2) is 41.9 Å². The second-order valence-corrected chi connectivity index (χ2v) is 4.94. The molecule has 0 aromatic heterocycles. The highest BCUT2D eigenvalue weighted by atomic mass is 35.5. The molecule has 1 saturated heterocycles. The van der Waals surface area contributed by atoms with Gasteiger partial charge in [-0.15, -0.1) is 0 Å². The summed E-state index contributed by atoms with van der Waals surface area (Å²) in [7, 11) is 0. The summed E-state index contributed by atoms with van der Waals surface area (Å²) in [5, 5.41) is 0. The zero-order valence-electron chi connectivity index (χ0n) is 11.4. The van der Waals surface area contributed by atoms with Crippen molar-refractivity contribution in [2.24, 2.45) is 0 Å². The molecule has 0 saturated carbocycles. The van der Waals surface area contributed by atoms with Gasteiger partial charge in [-0.05, 0) is 18.6 Å². The lowest BCUT2D eigenvalue weighted by molar-refractivity contribution is 0.153. The van der Waals surface area contributed by atoms with Gasteiger partial charge in [-0.3, -0.25) is 4.90 Å². The molecule has 1 amide bonds. The third kappa shape index (κ3) is 4.54. The van der Waals surface area contributed by atoms with E-state index < -0.39 is 0 Å². The molecule has 0 unspecified atom stereocenters. The fourth-order valence-corrected chi connectivity index (χ4v) is 2.26. The molecule has 1 aromatic rings. The Labute approximate surface area is 124 Å². The van der Waals surface area contributed by atoms with Crippen molar-refractivity contribution >= 4 is 17.7 Å². The van der Waals surface area contributed by atoms with E-state index in [4.69, 9.17) is 16.3 Å². The molecular formula is C15H19ClN2O2. The number of rotatable bonds is 3. The third-order valence-corrected chi connectivity index (χ3v) is 3.43. The van der Waals surface area contributed by atoms with E-state index in [-0.39, 0.29) is 6.09 Å². The van der Waals surface area contributed by atoms with E-state index in [0.717, 1.165) is 32.6 Å². The highest BCUT2D eigenvalue weighted by Gasteiger charge is 2.20. The largest absolute Gasteiger partial charge is 0.415 e. The number of ether oxygens (including phenoxy) is 1. The number of halogens is 1. The normalized spacial score (nSPS) is 17.1. The van der Waals surface area contributed by atoms with E-state index in [2.05, 4.69) is 4.90 Å². The number of amides is 1. The Morgan fingerprint density at radius 2 is 2.00 bits per heavy atom. The van der Waals surface area contributed by atoms with Crippen molar-refractivity contribution in [3.8, 4) is 5.75 Å². The lowest BCUT2D eigenvalue weighted by atomic mass is 10.3. The molecule has 1 aliphatic heterocycles. The Balaban J connectivity index is 1.85. The number of hydrogen-bond acceptors (Lipinski definition) is 3. The van der Waals surface area contributed by atoms with Crippen LogP contribution in [0.3, 0.4) is 0 Å². The number of carbonyl (C=O) groups is 1. The smallest absolute Gasteiger partial charge is 0.410 e. The second-order valence-electron chi connectivity index (χ2n) is 4.68. The van der Waals surface area contributed by atoms with Crippen molar-refractivity contribution in [1.82, 2.24) is 9.80 Å². The number of nitrogens with zero attached hydrogens (tertiary/aromatic N) is 2. The molecule has 0 N–H and O–H groups in total. The van der Waals surface area contributed by atoms with Crippen LogP contribution in [0.5, 0.6) is 5.75 Å². The SMILES string of the molecule is O=C(Oc1ccccc1)N1CCCN(CC=CCl)CC1. The maximum atomic E-state index is 12.1. The summed E-state index contributed by atoms with van der Waals surface area (Å²) in [4.78, 5) is 16.1. The molecule has 0 aliphatic carbocycles. The van der Waals surface area contributed by atoms with E-state index >= 15 is 0 Å². The molecule has 0 spiro atoms. The van der Waals surface area contributed by atoms with Crippen LogP contribution >= 0.6 is 11.6 Å². The lowest BCUT2D eigenvalue weighted by Gasteiger charge is -2.20. The molecule has 0 atom stereocenters. The van der Waals surface area contributed by atoms with Crippen LogP contribution in [0.25, 0.3) is 0 Å². The fourth-order valence-electron chi connectivity index (χ4n) is 2.18. The third-order valence-electron chi connectivity index (χ3n) is 3.25. The average Bonchev–Trinajstić information content (AvgIpc) is 2.72. The summed E-state index contributed by atoms with van der Waals surface area (Å²) in [6, 6.07) is 9.17. The lowest BCUT2D eigenvalue weighted by Crippen LogP contribution is -2.37. The highest BCUT2D eigenvalue weighted by molar-refractivity contribution is 6.25. The molecular weight excluding hydrogens is 276 g/mol. The van der Waals surface area contributed by atoms with Crippen molar-refractivity contribution < 1.29 is 9.53 Å². The highest BCUT2D eigenvalue weighted by Crippen LogP contribution is 2.11. The quantitative estimate of drug-likeness (QED) is 0.859. The summed E-state index contributed by atoms with van der Waals surface area (Å²) in [6.07, 6.45) is 2.59. The molecule has 0 bridgehead atoms. The number of carbonyl (C=O) groups excluding carboxylic acids is 1. The van der Waals surface area contributed by atoms with Gasteiger partial charge in [-0.1, -0.05) is 35.9 Å². The van der Waals surface area contributed by atoms with Crippen LogP contribution in [0.4, 0.5) is 4.79 Å². The first kappa shape index (κ1) is 14.9. The van der Waals surface area contributed by atoms with Crippen molar-refractivity contribution in [2.75, 3.05) is 32.7 Å². The van der Waals surface area contributed by atoms with Gasteiger partial charge in [0.25, 0.3) is 0 Å². The minimum Gasteiger partial charge on any atom is -0.410 e. The first-order chi connectivity index (χ1) is 9.79. The summed E-state index contributed by atoms with van der Waals surface area (Å²) in [5.41, 5.74) is 1.53. The maximum absolute atomic E-state index is 12.1. The van der Waals surface area contributed by atoms with Crippen LogP contribution in [-0.2, 0) is 0 Å². The monoisotopic (exact) mass is 294 g/mol. The van der Waals surface area contributed by atoms with Gasteiger partial charge in [-0.2, -0.15) is 0 Å². The summed E-state index contributed by atoms with van der Waals surface area (Å²) in [5.74, 6) is 0.587. The summed E-state index contributed by atoms with van der Waals surface area (Å²) >= 11 is 5.54. The molecule has 1 fully saturated rings. The summed E-state index contributed by atoms with van der Waals surface area (Å²) < 4.78 is 5.36. The molecule has 20 heavy (non-hydrogen) atoms. The van der Waals surface area contributed by atoms with Crippen LogP contribution in [0.2, 0.25) is 0 Å².